The lowest BCUT2D eigenvalue weighted by atomic mass is 10.1. The number of ether oxygens (including phenoxy) is 2. The second-order valence-electron chi connectivity index (χ2n) is 5.69. The van der Waals surface area contributed by atoms with Gasteiger partial charge in [0.05, 0.1) is 11.6 Å². The van der Waals surface area contributed by atoms with E-state index in [2.05, 4.69) is 10.6 Å². The van der Waals surface area contributed by atoms with E-state index in [1.165, 1.54) is 14.0 Å². The maximum absolute atomic E-state index is 12.4. The van der Waals surface area contributed by atoms with Crippen LogP contribution >= 0.6 is 0 Å². The van der Waals surface area contributed by atoms with Crippen LogP contribution in [0.1, 0.15) is 24.2 Å². The fourth-order valence-electron chi connectivity index (χ4n) is 2.21. The number of hydrogen-bond acceptors (Lipinski definition) is 6. The van der Waals surface area contributed by atoms with Crippen LogP contribution in [0.5, 0.6) is 5.75 Å². The zero-order valence-electron chi connectivity index (χ0n) is 15.3. The predicted octanol–water partition coefficient (Wildman–Crippen LogP) is 2.07. The third kappa shape index (κ3) is 5.57. The van der Waals surface area contributed by atoms with E-state index < -0.39 is 30.1 Å². The maximum atomic E-state index is 12.4. The van der Waals surface area contributed by atoms with Gasteiger partial charge in [-0.2, -0.15) is 5.26 Å². The van der Waals surface area contributed by atoms with Crippen LogP contribution in [-0.2, 0) is 14.3 Å². The van der Waals surface area contributed by atoms with Gasteiger partial charge in [0.25, 0.3) is 5.91 Å². The van der Waals surface area contributed by atoms with Gasteiger partial charge < -0.3 is 14.8 Å². The Bertz CT molecular complexity index is 875. The lowest BCUT2D eigenvalue weighted by Crippen LogP contribution is -2.42. The van der Waals surface area contributed by atoms with Gasteiger partial charge in [-0.25, -0.2) is 9.59 Å². The molecule has 0 aliphatic carbocycles. The zero-order valence-corrected chi connectivity index (χ0v) is 15.3. The van der Waals surface area contributed by atoms with Gasteiger partial charge in [-0.05, 0) is 31.2 Å². The molecule has 0 radical (unpaired) electrons. The van der Waals surface area contributed by atoms with Crippen LogP contribution in [0.2, 0.25) is 0 Å². The minimum Gasteiger partial charge on any atom is -0.479 e. The molecule has 0 aliphatic rings. The molecule has 0 saturated heterocycles. The topological polar surface area (TPSA) is 118 Å². The zero-order chi connectivity index (χ0) is 20.5. The largest absolute Gasteiger partial charge is 0.479 e. The standard InChI is InChI=1S/C20H19N3O5/c1-13(27-16-10-8-14(12-21)9-11-16)19(25)28-17(15-6-4-3-5-7-15)18(24)23-20(26)22-2/h3-11,13,17H,1-2H3,(H2,22,23,24,26)/t13-,17+/m0/s1. The number of hydrogen-bond donors (Lipinski definition) is 2. The Hall–Kier alpha value is -3.86. The van der Waals surface area contributed by atoms with E-state index in [-0.39, 0.29) is 0 Å². The van der Waals surface area contributed by atoms with Crippen LogP contribution in [-0.4, -0.2) is 31.1 Å². The van der Waals surface area contributed by atoms with E-state index >= 15 is 0 Å². The Labute approximate surface area is 162 Å². The molecule has 2 aromatic carbocycles. The summed E-state index contributed by atoms with van der Waals surface area (Å²) in [6.45, 7) is 1.47. The first kappa shape index (κ1) is 20.5. The van der Waals surface area contributed by atoms with Crippen LogP contribution in [0.15, 0.2) is 54.6 Å². The molecule has 144 valence electrons. The Morgan fingerprint density at radius 3 is 2.25 bits per heavy atom. The first-order valence-electron chi connectivity index (χ1n) is 8.39. The number of carbonyl (C=O) groups excluding carboxylic acids is 3. The van der Waals surface area contributed by atoms with Crippen molar-refractivity contribution in [2.75, 3.05) is 7.05 Å². The molecule has 28 heavy (non-hydrogen) atoms. The summed E-state index contributed by atoms with van der Waals surface area (Å²) in [4.78, 5) is 36.3. The fourth-order valence-corrected chi connectivity index (χ4v) is 2.21. The third-order valence-corrected chi connectivity index (χ3v) is 3.67. The number of esters is 1. The molecule has 0 saturated carbocycles. The second kappa shape index (κ2) is 9.73. The van der Waals surface area contributed by atoms with E-state index in [1.807, 2.05) is 6.07 Å². The average molecular weight is 381 g/mol. The predicted molar refractivity (Wildman–Crippen MR) is 99.1 cm³/mol. The van der Waals surface area contributed by atoms with E-state index in [9.17, 15) is 14.4 Å². The number of nitrogens with one attached hydrogen (secondary N) is 2. The number of carbonyl (C=O) groups is 3. The van der Waals surface area contributed by atoms with Crippen LogP contribution < -0.4 is 15.4 Å². The molecule has 2 atom stereocenters. The minimum absolute atomic E-state index is 0.370. The summed E-state index contributed by atoms with van der Waals surface area (Å²) in [7, 11) is 1.36. The summed E-state index contributed by atoms with van der Waals surface area (Å²) in [5, 5.41) is 13.2. The summed E-state index contributed by atoms with van der Waals surface area (Å²) in [5.41, 5.74) is 0.861. The molecular formula is C20H19N3O5. The third-order valence-electron chi connectivity index (χ3n) is 3.67. The number of nitriles is 1. The molecule has 8 heteroatoms. The Kier molecular flexibility index (Phi) is 7.11. The van der Waals surface area contributed by atoms with Crippen molar-refractivity contribution in [3.8, 4) is 11.8 Å². The molecule has 0 aliphatic heterocycles. The van der Waals surface area contributed by atoms with E-state index in [0.717, 1.165) is 0 Å². The number of benzene rings is 2. The monoisotopic (exact) mass is 381 g/mol. The molecule has 0 aromatic heterocycles. The SMILES string of the molecule is CNC(=O)NC(=O)[C@H](OC(=O)[C@H](C)Oc1ccc(C#N)cc1)c1ccccc1. The Balaban J connectivity index is 2.11. The van der Waals surface area contributed by atoms with Crippen molar-refractivity contribution in [2.24, 2.45) is 0 Å². The van der Waals surface area contributed by atoms with Gasteiger partial charge in [0.15, 0.2) is 6.10 Å². The first-order valence-corrected chi connectivity index (χ1v) is 8.39. The highest BCUT2D eigenvalue weighted by molar-refractivity contribution is 5.97. The number of rotatable bonds is 6. The Morgan fingerprint density at radius 1 is 1.04 bits per heavy atom. The molecular weight excluding hydrogens is 362 g/mol. The van der Waals surface area contributed by atoms with Crippen LogP contribution in [0.4, 0.5) is 4.79 Å². The van der Waals surface area contributed by atoms with E-state index in [1.54, 1.807) is 54.6 Å². The normalized spacial score (nSPS) is 12.0. The van der Waals surface area contributed by atoms with Crippen LogP contribution in [0.25, 0.3) is 0 Å². The first-order chi connectivity index (χ1) is 13.4. The second-order valence-corrected chi connectivity index (χ2v) is 5.69. The highest BCUT2D eigenvalue weighted by Crippen LogP contribution is 2.20. The van der Waals surface area contributed by atoms with Gasteiger partial charge in [0, 0.05) is 12.6 Å². The molecule has 0 fully saturated rings. The van der Waals surface area contributed by atoms with Gasteiger partial charge in [-0.3, -0.25) is 10.1 Å². The highest BCUT2D eigenvalue weighted by Gasteiger charge is 2.29. The molecule has 8 nitrogen and oxygen atoms in total. The fraction of sp³-hybridized carbons (Fsp3) is 0.200. The molecule has 3 amide bonds. The van der Waals surface area contributed by atoms with Crippen LogP contribution in [0, 0.1) is 11.3 Å². The van der Waals surface area contributed by atoms with Gasteiger partial charge in [-0.1, -0.05) is 30.3 Å². The number of nitrogens with zero attached hydrogens (tertiary/aromatic N) is 1. The number of urea groups is 1. The molecule has 0 heterocycles. The van der Waals surface area contributed by atoms with Crippen molar-refractivity contribution in [1.29, 1.82) is 5.26 Å². The molecule has 0 unspecified atom stereocenters. The smallest absolute Gasteiger partial charge is 0.348 e. The minimum atomic E-state index is -1.32. The quantitative estimate of drug-likeness (QED) is 0.740. The maximum Gasteiger partial charge on any atom is 0.348 e. The Morgan fingerprint density at radius 2 is 1.68 bits per heavy atom. The van der Waals surface area contributed by atoms with Crippen molar-refractivity contribution in [2.45, 2.75) is 19.1 Å². The van der Waals surface area contributed by atoms with Crippen molar-refractivity contribution in [1.82, 2.24) is 10.6 Å². The van der Waals surface area contributed by atoms with Gasteiger partial charge in [0.2, 0.25) is 6.10 Å². The summed E-state index contributed by atoms with van der Waals surface area (Å²) in [6, 6.07) is 15.8. The van der Waals surface area contributed by atoms with Gasteiger partial charge in [-0.15, -0.1) is 0 Å². The van der Waals surface area contributed by atoms with Crippen molar-refractivity contribution < 1.29 is 23.9 Å². The summed E-state index contributed by atoms with van der Waals surface area (Å²) in [6.07, 6.45) is -2.34. The lowest BCUT2D eigenvalue weighted by molar-refractivity contribution is -0.162. The summed E-state index contributed by atoms with van der Waals surface area (Å²) in [5.74, 6) is -1.20. The summed E-state index contributed by atoms with van der Waals surface area (Å²) < 4.78 is 10.8. The summed E-state index contributed by atoms with van der Waals surface area (Å²) >= 11 is 0. The van der Waals surface area contributed by atoms with Gasteiger partial charge >= 0.3 is 12.0 Å². The molecule has 0 bridgehead atoms. The van der Waals surface area contributed by atoms with Crippen molar-refractivity contribution in [3.63, 3.8) is 0 Å². The van der Waals surface area contributed by atoms with E-state index in [0.29, 0.717) is 16.9 Å². The molecule has 2 rings (SSSR count). The molecule has 2 N–H and O–H groups in total. The number of imide groups is 1. The molecule has 0 spiro atoms. The molecule has 2 aromatic rings. The van der Waals surface area contributed by atoms with E-state index in [4.69, 9.17) is 14.7 Å². The number of amides is 3. The highest BCUT2D eigenvalue weighted by atomic mass is 16.6. The van der Waals surface area contributed by atoms with Gasteiger partial charge in [0.1, 0.15) is 5.75 Å². The van der Waals surface area contributed by atoms with Crippen molar-refractivity contribution >= 4 is 17.9 Å². The lowest BCUT2D eigenvalue weighted by Gasteiger charge is -2.20. The van der Waals surface area contributed by atoms with Crippen molar-refractivity contribution in [3.05, 3.63) is 65.7 Å². The van der Waals surface area contributed by atoms with Crippen LogP contribution in [0.3, 0.4) is 0 Å². The average Bonchev–Trinajstić information content (AvgIpc) is 2.72.